The molecule has 0 unspecified atom stereocenters. The average Bonchev–Trinajstić information content (AvgIpc) is 2.78. The van der Waals surface area contributed by atoms with Crippen LogP contribution in [0.15, 0.2) is 29.2 Å². The van der Waals surface area contributed by atoms with E-state index < -0.39 is 10.0 Å². The molecule has 7 heteroatoms. The minimum absolute atomic E-state index is 0.252. The molecule has 2 N–H and O–H groups in total. The summed E-state index contributed by atoms with van der Waals surface area (Å²) in [6.45, 7) is 3.79. The Labute approximate surface area is 136 Å². The highest BCUT2D eigenvalue weighted by atomic mass is 35.5. The Morgan fingerprint density at radius 2 is 2.05 bits per heavy atom. The van der Waals surface area contributed by atoms with Gasteiger partial charge < -0.3 is 0 Å². The van der Waals surface area contributed by atoms with Gasteiger partial charge in [-0.05, 0) is 50.8 Å². The van der Waals surface area contributed by atoms with Crippen LogP contribution in [0.2, 0.25) is 5.02 Å². The summed E-state index contributed by atoms with van der Waals surface area (Å²) in [7, 11) is -3.49. The van der Waals surface area contributed by atoms with E-state index >= 15 is 0 Å². The summed E-state index contributed by atoms with van der Waals surface area (Å²) in [6.07, 6.45) is 2.54. The molecule has 0 aliphatic heterocycles. The lowest BCUT2D eigenvalue weighted by molar-refractivity contribution is 0.575. The monoisotopic (exact) mass is 341 g/mol. The molecule has 0 amide bonds. The van der Waals surface area contributed by atoms with Gasteiger partial charge in [0.05, 0.1) is 11.4 Å². The van der Waals surface area contributed by atoms with Crippen molar-refractivity contribution in [3.8, 4) is 0 Å². The zero-order valence-electron chi connectivity index (χ0n) is 12.7. The molecular formula is C15H20ClN3O2S. The van der Waals surface area contributed by atoms with Crippen molar-refractivity contribution in [3.05, 3.63) is 46.2 Å². The maximum Gasteiger partial charge on any atom is 0.244 e. The number of nitrogens with zero attached hydrogens (tertiary/aromatic N) is 1. The minimum atomic E-state index is -3.49. The Bertz CT molecular complexity index is 721. The fraction of sp³-hybridized carbons (Fsp3) is 0.400. The maximum atomic E-state index is 12.2. The van der Waals surface area contributed by atoms with E-state index in [-0.39, 0.29) is 4.90 Å². The fourth-order valence-electron chi connectivity index (χ4n) is 2.36. The predicted molar refractivity (Wildman–Crippen MR) is 87.6 cm³/mol. The van der Waals surface area contributed by atoms with Crippen molar-refractivity contribution in [3.63, 3.8) is 0 Å². The van der Waals surface area contributed by atoms with Crippen LogP contribution in [0.4, 0.5) is 0 Å². The minimum Gasteiger partial charge on any atom is -0.281 e. The van der Waals surface area contributed by atoms with E-state index in [4.69, 9.17) is 11.6 Å². The van der Waals surface area contributed by atoms with Crippen molar-refractivity contribution >= 4 is 21.6 Å². The molecule has 0 bridgehead atoms. The number of sulfonamides is 1. The molecule has 0 aliphatic rings. The van der Waals surface area contributed by atoms with E-state index in [2.05, 4.69) is 14.9 Å². The van der Waals surface area contributed by atoms with Gasteiger partial charge >= 0.3 is 0 Å². The highest BCUT2D eigenvalue weighted by Crippen LogP contribution is 2.16. The zero-order valence-corrected chi connectivity index (χ0v) is 14.3. The van der Waals surface area contributed by atoms with Crippen LogP contribution in [0, 0.1) is 13.8 Å². The first-order chi connectivity index (χ1) is 10.4. The number of H-pyrrole nitrogens is 1. The van der Waals surface area contributed by atoms with E-state index in [0.717, 1.165) is 29.8 Å². The number of hydrogen-bond acceptors (Lipinski definition) is 3. The van der Waals surface area contributed by atoms with Gasteiger partial charge in [-0.2, -0.15) is 5.10 Å². The third-order valence-electron chi connectivity index (χ3n) is 3.40. The molecule has 1 heterocycles. The predicted octanol–water partition coefficient (Wildman–Crippen LogP) is 2.98. The quantitative estimate of drug-likeness (QED) is 0.760. The second-order valence-corrected chi connectivity index (χ2v) is 7.39. The van der Waals surface area contributed by atoms with Gasteiger partial charge in [0.25, 0.3) is 0 Å². The van der Waals surface area contributed by atoms with Crippen LogP contribution in [0.5, 0.6) is 0 Å². The second kappa shape index (κ2) is 7.26. The van der Waals surface area contributed by atoms with Crippen molar-refractivity contribution in [2.24, 2.45) is 0 Å². The number of aromatic nitrogens is 2. The summed E-state index contributed by atoms with van der Waals surface area (Å²) in [5.74, 6) is 0. The molecule has 0 saturated carbocycles. The fourth-order valence-corrected chi connectivity index (χ4v) is 4.02. The van der Waals surface area contributed by atoms with Crippen LogP contribution in [0.1, 0.15) is 29.8 Å². The Morgan fingerprint density at radius 3 is 2.68 bits per heavy atom. The van der Waals surface area contributed by atoms with Crippen LogP contribution in [-0.4, -0.2) is 25.2 Å². The number of halogens is 1. The lowest BCUT2D eigenvalue weighted by atomic mass is 10.1. The number of unbranched alkanes of at least 4 members (excludes halogenated alkanes) is 1. The van der Waals surface area contributed by atoms with E-state index in [9.17, 15) is 8.42 Å². The third-order valence-corrected chi connectivity index (χ3v) is 5.36. The van der Waals surface area contributed by atoms with E-state index in [1.807, 2.05) is 24.3 Å². The largest absolute Gasteiger partial charge is 0.281 e. The lowest BCUT2D eigenvalue weighted by Gasteiger charge is -2.07. The smallest absolute Gasteiger partial charge is 0.244 e. The summed E-state index contributed by atoms with van der Waals surface area (Å²) in [5, 5.41) is 7.33. The molecule has 5 nitrogen and oxygen atoms in total. The van der Waals surface area contributed by atoms with Crippen LogP contribution < -0.4 is 4.72 Å². The molecule has 0 spiro atoms. The Balaban J connectivity index is 1.81. The van der Waals surface area contributed by atoms with Crippen molar-refractivity contribution in [2.45, 2.75) is 38.0 Å². The molecule has 0 radical (unpaired) electrons. The molecule has 1 aromatic heterocycles. The van der Waals surface area contributed by atoms with Gasteiger partial charge in [-0.15, -0.1) is 0 Å². The maximum absolute atomic E-state index is 12.2. The molecule has 2 aromatic rings. The van der Waals surface area contributed by atoms with Crippen LogP contribution in [0.3, 0.4) is 0 Å². The number of benzene rings is 1. The van der Waals surface area contributed by atoms with Gasteiger partial charge in [-0.1, -0.05) is 23.7 Å². The molecule has 0 fully saturated rings. The molecule has 2 rings (SSSR count). The van der Waals surface area contributed by atoms with E-state index in [1.54, 1.807) is 13.8 Å². The summed E-state index contributed by atoms with van der Waals surface area (Å²) in [6, 6.07) is 7.72. The van der Waals surface area contributed by atoms with Gasteiger partial charge in [0, 0.05) is 11.6 Å². The number of rotatable bonds is 7. The highest BCUT2D eigenvalue weighted by Gasteiger charge is 2.21. The first-order valence-electron chi connectivity index (χ1n) is 7.16. The topological polar surface area (TPSA) is 74.8 Å². The molecule has 22 heavy (non-hydrogen) atoms. The second-order valence-electron chi connectivity index (χ2n) is 5.25. The van der Waals surface area contributed by atoms with Gasteiger partial charge in [-0.25, -0.2) is 13.1 Å². The average molecular weight is 342 g/mol. The highest BCUT2D eigenvalue weighted by molar-refractivity contribution is 7.89. The van der Waals surface area contributed by atoms with Crippen LogP contribution >= 0.6 is 11.6 Å². The Morgan fingerprint density at radius 1 is 1.27 bits per heavy atom. The number of aryl methyl sites for hydroxylation is 3. The number of aromatic amines is 1. The van der Waals surface area contributed by atoms with Crippen LogP contribution in [0.25, 0.3) is 0 Å². The molecule has 0 saturated heterocycles. The van der Waals surface area contributed by atoms with Crippen molar-refractivity contribution < 1.29 is 8.42 Å². The SMILES string of the molecule is Cc1n[nH]c(C)c1S(=O)(=O)NCCCCc1cccc(Cl)c1. The van der Waals surface area contributed by atoms with Crippen LogP contribution in [-0.2, 0) is 16.4 Å². The zero-order chi connectivity index (χ0) is 16.2. The van der Waals surface area contributed by atoms with Crippen molar-refractivity contribution in [2.75, 3.05) is 6.54 Å². The normalized spacial score (nSPS) is 11.8. The first kappa shape index (κ1) is 17.0. The van der Waals surface area contributed by atoms with Gasteiger partial charge in [0.1, 0.15) is 4.90 Å². The van der Waals surface area contributed by atoms with E-state index in [0.29, 0.717) is 17.9 Å². The summed E-state index contributed by atoms with van der Waals surface area (Å²) < 4.78 is 27.1. The number of hydrogen-bond donors (Lipinski definition) is 2. The standard InChI is InChI=1S/C15H20ClN3O2S/c1-11-15(12(2)19-18-11)22(20,21)17-9-4-3-6-13-7-5-8-14(16)10-13/h5,7-8,10,17H,3-4,6,9H2,1-2H3,(H,18,19). The van der Waals surface area contributed by atoms with Crippen molar-refractivity contribution in [1.29, 1.82) is 0 Å². The third kappa shape index (κ3) is 4.32. The lowest BCUT2D eigenvalue weighted by Crippen LogP contribution is -2.25. The van der Waals surface area contributed by atoms with E-state index in [1.165, 1.54) is 0 Å². The molecule has 0 atom stereocenters. The summed E-state index contributed by atoms with van der Waals surface area (Å²) in [5.41, 5.74) is 2.21. The van der Waals surface area contributed by atoms with Crippen molar-refractivity contribution in [1.82, 2.24) is 14.9 Å². The Hall–Kier alpha value is -1.37. The number of nitrogens with one attached hydrogen (secondary N) is 2. The molecular weight excluding hydrogens is 322 g/mol. The van der Waals surface area contributed by atoms with Gasteiger partial charge in [0.2, 0.25) is 10.0 Å². The molecule has 120 valence electrons. The summed E-state index contributed by atoms with van der Waals surface area (Å²) in [4.78, 5) is 0.252. The first-order valence-corrected chi connectivity index (χ1v) is 9.02. The van der Waals surface area contributed by atoms with Gasteiger partial charge in [-0.3, -0.25) is 5.10 Å². The molecule has 0 aliphatic carbocycles. The Kier molecular flexibility index (Phi) is 5.61. The van der Waals surface area contributed by atoms with Gasteiger partial charge in [0.15, 0.2) is 0 Å². The molecule has 1 aromatic carbocycles. The summed E-state index contributed by atoms with van der Waals surface area (Å²) >= 11 is 5.93.